The third-order valence-electron chi connectivity index (χ3n) is 4.66. The summed E-state index contributed by atoms with van der Waals surface area (Å²) < 4.78 is 33.2. The maximum absolute atomic E-state index is 13.9. The Kier molecular flexibility index (Phi) is 5.75. The zero-order valence-electron chi connectivity index (χ0n) is 15.4. The highest BCUT2D eigenvalue weighted by molar-refractivity contribution is 7.99. The van der Waals surface area contributed by atoms with Gasteiger partial charge in [-0.3, -0.25) is 4.79 Å². The standard InChI is InChI=1S/C20H18F2N4O2S/c21-15-6-2-1-5-14(15)19-23-24-20(28-19)29-13-18(27)26-11-9-25(10-12-26)17-8-4-3-7-16(17)22/h1-8H,9-13H2. The van der Waals surface area contributed by atoms with Crippen molar-refractivity contribution < 1.29 is 18.0 Å². The van der Waals surface area contributed by atoms with Crippen molar-refractivity contribution in [1.82, 2.24) is 15.1 Å². The molecular weight excluding hydrogens is 398 g/mol. The highest BCUT2D eigenvalue weighted by Crippen LogP contribution is 2.25. The van der Waals surface area contributed by atoms with Crippen LogP contribution in [0.3, 0.4) is 0 Å². The Morgan fingerprint density at radius 3 is 2.38 bits per heavy atom. The summed E-state index contributed by atoms with van der Waals surface area (Å²) in [5.41, 5.74) is 0.781. The van der Waals surface area contributed by atoms with E-state index in [2.05, 4.69) is 10.2 Å². The number of rotatable bonds is 5. The number of carbonyl (C=O) groups excluding carboxylic acids is 1. The average molecular weight is 416 g/mol. The van der Waals surface area contributed by atoms with E-state index in [1.165, 1.54) is 12.1 Å². The fourth-order valence-corrected chi connectivity index (χ4v) is 3.80. The normalized spacial score (nSPS) is 14.3. The van der Waals surface area contributed by atoms with E-state index in [-0.39, 0.29) is 34.2 Å². The van der Waals surface area contributed by atoms with Gasteiger partial charge < -0.3 is 14.2 Å². The molecule has 0 N–H and O–H groups in total. The molecule has 2 heterocycles. The molecule has 1 fully saturated rings. The van der Waals surface area contributed by atoms with Gasteiger partial charge in [0.15, 0.2) is 0 Å². The molecular formula is C20H18F2N4O2S. The van der Waals surface area contributed by atoms with E-state index >= 15 is 0 Å². The van der Waals surface area contributed by atoms with Crippen molar-refractivity contribution >= 4 is 23.4 Å². The Balaban J connectivity index is 1.30. The molecule has 0 radical (unpaired) electrons. The molecule has 4 rings (SSSR count). The highest BCUT2D eigenvalue weighted by atomic mass is 32.2. The molecule has 0 bridgehead atoms. The van der Waals surface area contributed by atoms with Gasteiger partial charge in [-0.1, -0.05) is 36.0 Å². The van der Waals surface area contributed by atoms with Crippen LogP contribution in [-0.4, -0.2) is 52.9 Å². The van der Waals surface area contributed by atoms with Crippen LogP contribution in [0.1, 0.15) is 0 Å². The molecule has 6 nitrogen and oxygen atoms in total. The molecule has 9 heteroatoms. The quantitative estimate of drug-likeness (QED) is 0.594. The van der Waals surface area contributed by atoms with Crippen LogP contribution in [0.5, 0.6) is 0 Å². The second-order valence-electron chi connectivity index (χ2n) is 6.46. The molecule has 1 aromatic heterocycles. The second kappa shape index (κ2) is 8.60. The monoisotopic (exact) mass is 416 g/mol. The van der Waals surface area contributed by atoms with Crippen molar-refractivity contribution in [2.24, 2.45) is 0 Å². The Morgan fingerprint density at radius 2 is 1.66 bits per heavy atom. The van der Waals surface area contributed by atoms with Gasteiger partial charge in [0, 0.05) is 26.2 Å². The molecule has 2 aromatic carbocycles. The van der Waals surface area contributed by atoms with E-state index in [4.69, 9.17) is 4.42 Å². The number of hydrogen-bond acceptors (Lipinski definition) is 6. The molecule has 1 aliphatic heterocycles. The highest BCUT2D eigenvalue weighted by Gasteiger charge is 2.23. The Hall–Kier alpha value is -2.94. The molecule has 0 aliphatic carbocycles. The molecule has 0 atom stereocenters. The number of carbonyl (C=O) groups is 1. The lowest BCUT2D eigenvalue weighted by atomic mass is 10.2. The van der Waals surface area contributed by atoms with Gasteiger partial charge in [0.1, 0.15) is 11.6 Å². The number of hydrogen-bond donors (Lipinski definition) is 0. The van der Waals surface area contributed by atoms with Crippen LogP contribution in [0.25, 0.3) is 11.5 Å². The van der Waals surface area contributed by atoms with E-state index in [1.807, 2.05) is 4.90 Å². The molecule has 1 amide bonds. The Bertz CT molecular complexity index is 1010. The molecule has 0 saturated carbocycles. The minimum atomic E-state index is -0.448. The fraction of sp³-hybridized carbons (Fsp3) is 0.250. The summed E-state index contributed by atoms with van der Waals surface area (Å²) in [5, 5.41) is 7.93. The summed E-state index contributed by atoms with van der Waals surface area (Å²) in [7, 11) is 0. The van der Waals surface area contributed by atoms with E-state index in [0.29, 0.717) is 31.9 Å². The number of piperazine rings is 1. The minimum absolute atomic E-state index is 0.0613. The number of benzene rings is 2. The first kappa shape index (κ1) is 19.4. The minimum Gasteiger partial charge on any atom is -0.411 e. The van der Waals surface area contributed by atoms with Crippen molar-refractivity contribution in [2.45, 2.75) is 5.22 Å². The number of anilines is 1. The average Bonchev–Trinajstić information content (AvgIpc) is 3.22. The topological polar surface area (TPSA) is 62.5 Å². The molecule has 1 aliphatic rings. The number of halogens is 2. The summed E-state index contributed by atoms with van der Waals surface area (Å²) >= 11 is 1.12. The maximum Gasteiger partial charge on any atom is 0.277 e. The van der Waals surface area contributed by atoms with Gasteiger partial charge in [-0.15, -0.1) is 10.2 Å². The van der Waals surface area contributed by atoms with E-state index in [9.17, 15) is 13.6 Å². The first-order valence-corrected chi connectivity index (χ1v) is 10.1. The third kappa shape index (κ3) is 4.40. The number of nitrogens with zero attached hydrogens (tertiary/aromatic N) is 4. The van der Waals surface area contributed by atoms with Gasteiger partial charge in [0.25, 0.3) is 11.1 Å². The van der Waals surface area contributed by atoms with Crippen molar-refractivity contribution in [3.05, 3.63) is 60.2 Å². The summed E-state index contributed by atoms with van der Waals surface area (Å²) in [6, 6.07) is 12.8. The molecule has 0 unspecified atom stereocenters. The molecule has 29 heavy (non-hydrogen) atoms. The first-order chi connectivity index (χ1) is 14.1. The summed E-state index contributed by atoms with van der Waals surface area (Å²) in [4.78, 5) is 16.1. The summed E-state index contributed by atoms with van der Waals surface area (Å²) in [6.07, 6.45) is 0. The lowest BCUT2D eigenvalue weighted by Gasteiger charge is -2.36. The van der Waals surface area contributed by atoms with E-state index < -0.39 is 5.82 Å². The Labute approximate surface area is 170 Å². The van der Waals surface area contributed by atoms with Crippen LogP contribution in [0, 0.1) is 11.6 Å². The van der Waals surface area contributed by atoms with E-state index in [0.717, 1.165) is 11.8 Å². The van der Waals surface area contributed by atoms with Crippen molar-refractivity contribution in [1.29, 1.82) is 0 Å². The summed E-state index contributed by atoms with van der Waals surface area (Å²) in [6.45, 7) is 2.15. The van der Waals surface area contributed by atoms with Gasteiger partial charge in [-0.2, -0.15) is 0 Å². The zero-order chi connectivity index (χ0) is 20.2. The van der Waals surface area contributed by atoms with Crippen LogP contribution >= 0.6 is 11.8 Å². The second-order valence-corrected chi connectivity index (χ2v) is 7.39. The molecule has 1 saturated heterocycles. The van der Waals surface area contributed by atoms with Crippen LogP contribution in [0.2, 0.25) is 0 Å². The number of para-hydroxylation sites is 1. The van der Waals surface area contributed by atoms with Crippen LogP contribution in [0.4, 0.5) is 14.5 Å². The van der Waals surface area contributed by atoms with Gasteiger partial charge in [-0.05, 0) is 24.3 Å². The molecule has 150 valence electrons. The molecule has 3 aromatic rings. The predicted molar refractivity (Wildman–Crippen MR) is 106 cm³/mol. The van der Waals surface area contributed by atoms with Crippen molar-refractivity contribution in [2.75, 3.05) is 36.8 Å². The SMILES string of the molecule is O=C(CSc1nnc(-c2ccccc2F)o1)N1CCN(c2ccccc2F)CC1. The third-order valence-corrected chi connectivity index (χ3v) is 5.46. The number of aromatic nitrogens is 2. The van der Waals surface area contributed by atoms with Crippen LogP contribution < -0.4 is 4.90 Å². The lowest BCUT2D eigenvalue weighted by molar-refractivity contribution is -0.128. The van der Waals surface area contributed by atoms with Gasteiger partial charge >= 0.3 is 0 Å². The lowest BCUT2D eigenvalue weighted by Crippen LogP contribution is -2.49. The first-order valence-electron chi connectivity index (χ1n) is 9.10. The number of thioether (sulfide) groups is 1. The van der Waals surface area contributed by atoms with Crippen LogP contribution in [0.15, 0.2) is 58.2 Å². The summed E-state index contributed by atoms with van der Waals surface area (Å²) in [5.74, 6) is -0.551. The predicted octanol–water partition coefficient (Wildman–Crippen LogP) is 3.46. The van der Waals surface area contributed by atoms with Gasteiger partial charge in [-0.25, -0.2) is 8.78 Å². The van der Waals surface area contributed by atoms with E-state index in [1.54, 1.807) is 41.3 Å². The van der Waals surface area contributed by atoms with Crippen molar-refractivity contribution in [3.63, 3.8) is 0 Å². The van der Waals surface area contributed by atoms with Crippen LogP contribution in [-0.2, 0) is 4.79 Å². The number of amides is 1. The molecule has 0 spiro atoms. The zero-order valence-corrected chi connectivity index (χ0v) is 16.2. The smallest absolute Gasteiger partial charge is 0.277 e. The van der Waals surface area contributed by atoms with Gasteiger partial charge in [0.2, 0.25) is 5.91 Å². The van der Waals surface area contributed by atoms with Gasteiger partial charge in [0.05, 0.1) is 17.0 Å². The largest absolute Gasteiger partial charge is 0.411 e. The fourth-order valence-electron chi connectivity index (χ4n) is 3.13. The van der Waals surface area contributed by atoms with Crippen molar-refractivity contribution in [3.8, 4) is 11.5 Å². The maximum atomic E-state index is 13.9. The Morgan fingerprint density at radius 1 is 0.966 bits per heavy atom.